The largest absolute Gasteiger partial charge is 0.444 e. The van der Waals surface area contributed by atoms with E-state index in [-0.39, 0.29) is 12.1 Å². The minimum atomic E-state index is -0.472. The first kappa shape index (κ1) is 20.2. The fraction of sp³-hybridized carbons (Fsp3) is 0.571. The maximum absolute atomic E-state index is 12.0. The summed E-state index contributed by atoms with van der Waals surface area (Å²) in [5.74, 6) is 1.57. The van der Waals surface area contributed by atoms with Crippen molar-refractivity contribution in [3.63, 3.8) is 0 Å². The second-order valence-corrected chi connectivity index (χ2v) is 8.62. The molecule has 0 saturated heterocycles. The molecule has 0 atom stereocenters. The molecule has 1 heterocycles. The molecule has 1 fully saturated rings. The average Bonchev–Trinajstić information content (AvgIpc) is 2.61. The van der Waals surface area contributed by atoms with E-state index in [1.165, 1.54) is 0 Å². The lowest BCUT2D eigenvalue weighted by atomic mass is 9.91. The predicted octanol–water partition coefficient (Wildman–Crippen LogP) is 3.94. The molecule has 2 aromatic rings. The van der Waals surface area contributed by atoms with Crippen LogP contribution in [0.15, 0.2) is 24.3 Å². The molecule has 152 valence electrons. The fourth-order valence-electron chi connectivity index (χ4n) is 3.50. The number of para-hydroxylation sites is 1. The zero-order valence-electron chi connectivity index (χ0n) is 17.5. The van der Waals surface area contributed by atoms with Crippen molar-refractivity contribution < 1.29 is 9.53 Å². The standard InChI is InChI=1S/C21H31N5O2/c1-21(2,3)28-20(27)23-15-12-10-14(11-13-15)22-19-24-17-9-7-6-8-16(17)18(25-19)26(4)5/h6-9,14-15H,10-13H2,1-5H3,(H,23,27)(H,22,24,25). The van der Waals surface area contributed by atoms with Crippen LogP contribution in [0.25, 0.3) is 10.9 Å². The van der Waals surface area contributed by atoms with Crippen molar-refractivity contribution in [1.29, 1.82) is 0 Å². The van der Waals surface area contributed by atoms with Crippen molar-refractivity contribution in [2.45, 2.75) is 64.1 Å². The fourth-order valence-corrected chi connectivity index (χ4v) is 3.50. The first-order chi connectivity index (χ1) is 13.2. The number of benzene rings is 1. The number of amides is 1. The molecule has 1 aliphatic carbocycles. The summed E-state index contributed by atoms with van der Waals surface area (Å²) in [6.45, 7) is 5.62. The third kappa shape index (κ3) is 5.24. The van der Waals surface area contributed by atoms with Gasteiger partial charge in [-0.3, -0.25) is 0 Å². The molecule has 0 spiro atoms. The lowest BCUT2D eigenvalue weighted by molar-refractivity contribution is 0.0492. The molecule has 1 aromatic carbocycles. The van der Waals surface area contributed by atoms with Gasteiger partial charge in [0, 0.05) is 31.6 Å². The number of rotatable bonds is 4. The van der Waals surface area contributed by atoms with E-state index >= 15 is 0 Å². The zero-order chi connectivity index (χ0) is 20.3. The molecule has 7 heteroatoms. The minimum absolute atomic E-state index is 0.155. The number of nitrogens with zero attached hydrogens (tertiary/aromatic N) is 3. The summed E-state index contributed by atoms with van der Waals surface area (Å²) in [5, 5.41) is 7.51. The molecule has 1 aromatic heterocycles. The van der Waals surface area contributed by atoms with E-state index in [0.29, 0.717) is 12.0 Å². The number of alkyl carbamates (subject to hydrolysis) is 1. The van der Waals surface area contributed by atoms with Gasteiger partial charge in [-0.2, -0.15) is 4.98 Å². The highest BCUT2D eigenvalue weighted by molar-refractivity contribution is 5.90. The monoisotopic (exact) mass is 385 g/mol. The van der Waals surface area contributed by atoms with E-state index in [4.69, 9.17) is 9.72 Å². The molecule has 1 saturated carbocycles. The Balaban J connectivity index is 1.60. The first-order valence-corrected chi connectivity index (χ1v) is 9.91. The molecule has 2 N–H and O–H groups in total. The summed E-state index contributed by atoms with van der Waals surface area (Å²) in [6, 6.07) is 8.51. The van der Waals surface area contributed by atoms with Crippen LogP contribution >= 0.6 is 0 Å². The van der Waals surface area contributed by atoms with E-state index in [2.05, 4.69) is 15.6 Å². The van der Waals surface area contributed by atoms with Crippen molar-refractivity contribution in [2.75, 3.05) is 24.3 Å². The van der Waals surface area contributed by atoms with Crippen LogP contribution in [0.2, 0.25) is 0 Å². The number of fused-ring (bicyclic) bond motifs is 1. The summed E-state index contributed by atoms with van der Waals surface area (Å²) in [4.78, 5) is 23.4. The molecule has 28 heavy (non-hydrogen) atoms. The quantitative estimate of drug-likeness (QED) is 0.830. The smallest absolute Gasteiger partial charge is 0.407 e. The van der Waals surface area contributed by atoms with E-state index < -0.39 is 5.60 Å². The van der Waals surface area contributed by atoms with Crippen molar-refractivity contribution in [3.8, 4) is 0 Å². The molecule has 1 aliphatic rings. The van der Waals surface area contributed by atoms with Crippen LogP contribution in [0, 0.1) is 0 Å². The van der Waals surface area contributed by atoms with Crippen molar-refractivity contribution in [1.82, 2.24) is 15.3 Å². The number of ether oxygens (including phenoxy) is 1. The molecule has 0 radical (unpaired) electrons. The summed E-state index contributed by atoms with van der Waals surface area (Å²) < 4.78 is 5.35. The average molecular weight is 386 g/mol. The lowest BCUT2D eigenvalue weighted by Gasteiger charge is -2.30. The van der Waals surface area contributed by atoms with Crippen LogP contribution in [0.5, 0.6) is 0 Å². The normalized spacial score (nSPS) is 19.9. The second-order valence-electron chi connectivity index (χ2n) is 8.62. The number of aromatic nitrogens is 2. The van der Waals surface area contributed by atoms with Crippen molar-refractivity contribution in [2.24, 2.45) is 0 Å². The van der Waals surface area contributed by atoms with Gasteiger partial charge in [-0.05, 0) is 58.6 Å². The molecule has 7 nitrogen and oxygen atoms in total. The van der Waals surface area contributed by atoms with Gasteiger partial charge in [0.05, 0.1) is 5.52 Å². The maximum atomic E-state index is 12.0. The topological polar surface area (TPSA) is 79.4 Å². The molecule has 0 bridgehead atoms. The summed E-state index contributed by atoms with van der Waals surface area (Å²) in [5.41, 5.74) is 0.462. The van der Waals surface area contributed by atoms with Gasteiger partial charge in [0.25, 0.3) is 0 Å². The summed E-state index contributed by atoms with van der Waals surface area (Å²) in [7, 11) is 3.98. The Morgan fingerprint density at radius 1 is 1.07 bits per heavy atom. The minimum Gasteiger partial charge on any atom is -0.444 e. The van der Waals surface area contributed by atoms with Crippen LogP contribution in [-0.2, 0) is 4.74 Å². The maximum Gasteiger partial charge on any atom is 0.407 e. The van der Waals surface area contributed by atoms with Crippen LogP contribution in [0.3, 0.4) is 0 Å². The molecular weight excluding hydrogens is 354 g/mol. The highest BCUT2D eigenvalue weighted by atomic mass is 16.6. The summed E-state index contributed by atoms with van der Waals surface area (Å²) in [6.07, 6.45) is 3.38. The lowest BCUT2D eigenvalue weighted by Crippen LogP contribution is -2.42. The van der Waals surface area contributed by atoms with Crippen molar-refractivity contribution in [3.05, 3.63) is 24.3 Å². The van der Waals surface area contributed by atoms with Crippen LogP contribution in [-0.4, -0.2) is 47.8 Å². The van der Waals surface area contributed by atoms with Gasteiger partial charge in [-0.15, -0.1) is 0 Å². The number of anilines is 2. The van der Waals surface area contributed by atoms with E-state index in [0.717, 1.165) is 42.4 Å². The van der Waals surface area contributed by atoms with Gasteiger partial charge in [-0.1, -0.05) is 12.1 Å². The van der Waals surface area contributed by atoms with Gasteiger partial charge in [0.2, 0.25) is 5.95 Å². The number of hydrogen-bond donors (Lipinski definition) is 2. The Morgan fingerprint density at radius 2 is 1.71 bits per heavy atom. The molecule has 0 aliphatic heterocycles. The number of hydrogen-bond acceptors (Lipinski definition) is 6. The van der Waals surface area contributed by atoms with Gasteiger partial charge in [-0.25, -0.2) is 9.78 Å². The second kappa shape index (κ2) is 8.20. The van der Waals surface area contributed by atoms with Crippen LogP contribution < -0.4 is 15.5 Å². The molecular formula is C21H31N5O2. The number of nitrogens with one attached hydrogen (secondary N) is 2. The van der Waals surface area contributed by atoms with Crippen molar-refractivity contribution >= 4 is 28.8 Å². The highest BCUT2D eigenvalue weighted by Crippen LogP contribution is 2.26. The van der Waals surface area contributed by atoms with Crippen LogP contribution in [0.4, 0.5) is 16.6 Å². The Bertz CT molecular complexity index is 823. The SMILES string of the molecule is CN(C)c1nc(NC2CCC(NC(=O)OC(C)(C)C)CC2)nc2ccccc12. The molecule has 1 amide bonds. The van der Waals surface area contributed by atoms with Gasteiger partial charge >= 0.3 is 6.09 Å². The van der Waals surface area contributed by atoms with Gasteiger partial charge in [0.1, 0.15) is 11.4 Å². The Morgan fingerprint density at radius 3 is 2.36 bits per heavy atom. The zero-order valence-corrected chi connectivity index (χ0v) is 17.5. The van der Waals surface area contributed by atoms with E-state index in [1.54, 1.807) is 0 Å². The first-order valence-electron chi connectivity index (χ1n) is 9.91. The predicted molar refractivity (Wildman–Crippen MR) is 113 cm³/mol. The third-order valence-corrected chi connectivity index (χ3v) is 4.79. The Hall–Kier alpha value is -2.57. The number of carbonyl (C=O) groups excluding carboxylic acids is 1. The van der Waals surface area contributed by atoms with Crippen LogP contribution in [0.1, 0.15) is 46.5 Å². The van der Waals surface area contributed by atoms with E-state index in [1.807, 2.05) is 64.0 Å². The van der Waals surface area contributed by atoms with Gasteiger partial charge < -0.3 is 20.3 Å². The molecule has 3 rings (SSSR count). The Kier molecular flexibility index (Phi) is 5.91. The highest BCUT2D eigenvalue weighted by Gasteiger charge is 2.25. The van der Waals surface area contributed by atoms with E-state index in [9.17, 15) is 4.79 Å². The Labute approximate surface area is 166 Å². The molecule has 0 unspecified atom stereocenters. The van der Waals surface area contributed by atoms with Gasteiger partial charge in [0.15, 0.2) is 0 Å². The summed E-state index contributed by atoms with van der Waals surface area (Å²) >= 11 is 0. The number of carbonyl (C=O) groups is 1. The third-order valence-electron chi connectivity index (χ3n) is 4.79.